The van der Waals surface area contributed by atoms with E-state index < -0.39 is 0 Å². The Kier molecular flexibility index (Phi) is 7.31. The molecule has 3 nitrogen and oxygen atoms in total. The van der Waals surface area contributed by atoms with E-state index in [0.29, 0.717) is 18.2 Å². The van der Waals surface area contributed by atoms with Crippen LogP contribution >= 0.6 is 60.6 Å². The normalized spacial score (nSPS) is 28.9. The fourth-order valence-electron chi connectivity index (χ4n) is 4.57. The Hall–Kier alpha value is 0.190. The first-order valence-electron chi connectivity index (χ1n) is 9.39. The van der Waals surface area contributed by atoms with E-state index in [4.69, 9.17) is 0 Å². The molecule has 4 atom stereocenters. The van der Waals surface area contributed by atoms with Crippen molar-refractivity contribution in [2.45, 2.75) is 37.9 Å². The Morgan fingerprint density at radius 1 is 0.964 bits per heavy atom. The van der Waals surface area contributed by atoms with Crippen LogP contribution < -0.4 is 0 Å². The van der Waals surface area contributed by atoms with Gasteiger partial charge in [-0.2, -0.15) is 0 Å². The van der Waals surface area contributed by atoms with E-state index in [0.717, 1.165) is 13.0 Å². The topological polar surface area (TPSA) is 23.6 Å². The van der Waals surface area contributed by atoms with Gasteiger partial charge >= 0.3 is 0 Å². The molecule has 2 fully saturated rings. The summed E-state index contributed by atoms with van der Waals surface area (Å²) in [5.74, 6) is 0.506. The highest BCUT2D eigenvalue weighted by molar-refractivity contribution is 14.2. The first-order valence-corrected chi connectivity index (χ1v) is 16.0. The number of hydrogen-bond donors (Lipinski definition) is 0. The number of carbonyl (C=O) groups excluding carboxylic acids is 1. The SMILES string of the molecule is Cc1ccccc1C1CC(=O)[C@@H]2CN(SI)C(c3ccccc3)C[C@@H]2N1SI. The van der Waals surface area contributed by atoms with Crippen LogP contribution in [-0.4, -0.2) is 27.0 Å². The van der Waals surface area contributed by atoms with Crippen molar-refractivity contribution in [1.82, 2.24) is 8.61 Å². The lowest BCUT2D eigenvalue weighted by Gasteiger charge is -2.50. The van der Waals surface area contributed by atoms with E-state index in [-0.39, 0.29) is 18.0 Å². The summed E-state index contributed by atoms with van der Waals surface area (Å²) >= 11 is 4.77. The fraction of sp³-hybridized carbons (Fsp3) is 0.381. The van der Waals surface area contributed by atoms with Crippen LogP contribution in [0.4, 0.5) is 0 Å². The van der Waals surface area contributed by atoms with E-state index in [9.17, 15) is 4.79 Å². The highest BCUT2D eigenvalue weighted by Gasteiger charge is 2.48. The quantitative estimate of drug-likeness (QED) is 0.274. The van der Waals surface area contributed by atoms with Gasteiger partial charge in [0.2, 0.25) is 0 Å². The molecule has 2 aliphatic heterocycles. The molecule has 2 aliphatic rings. The molecule has 2 heterocycles. The van der Waals surface area contributed by atoms with Gasteiger partial charge in [0, 0.05) is 73.4 Å². The maximum absolute atomic E-state index is 13.2. The maximum Gasteiger partial charge on any atom is 0.140 e. The highest BCUT2D eigenvalue weighted by atomic mass is 127. The first-order chi connectivity index (χ1) is 13.6. The van der Waals surface area contributed by atoms with Crippen molar-refractivity contribution in [1.29, 1.82) is 0 Å². The standard InChI is InChI=1S/C21H22I2N2OS2/c1-14-7-5-6-10-16(14)20-12-21(26)17-13-24(27-22)18(11-19(17)25(20)28-23)15-8-3-2-4-9-15/h2-10,17-20H,11-13H2,1H3/t17-,18?,19+,20?/m1/s1. The zero-order valence-corrected chi connectivity index (χ0v) is 21.4. The van der Waals surface area contributed by atoms with Crippen molar-refractivity contribution in [2.24, 2.45) is 5.92 Å². The Labute approximate surface area is 199 Å². The van der Waals surface area contributed by atoms with Gasteiger partial charge in [0.1, 0.15) is 5.78 Å². The van der Waals surface area contributed by atoms with Gasteiger partial charge in [-0.15, -0.1) is 0 Å². The fourth-order valence-corrected chi connectivity index (χ4v) is 8.72. The summed E-state index contributed by atoms with van der Waals surface area (Å²) < 4.78 is 4.92. The molecule has 0 N–H and O–H groups in total. The monoisotopic (exact) mass is 636 g/mol. The van der Waals surface area contributed by atoms with Crippen LogP contribution in [0.3, 0.4) is 0 Å². The van der Waals surface area contributed by atoms with Gasteiger partial charge in [0.25, 0.3) is 0 Å². The van der Waals surface area contributed by atoms with Crippen molar-refractivity contribution in [2.75, 3.05) is 6.54 Å². The van der Waals surface area contributed by atoms with Gasteiger partial charge in [-0.25, -0.2) is 8.61 Å². The number of rotatable bonds is 4. The Morgan fingerprint density at radius 2 is 1.68 bits per heavy atom. The van der Waals surface area contributed by atoms with Gasteiger partial charge < -0.3 is 0 Å². The lowest BCUT2D eigenvalue weighted by atomic mass is 9.77. The Bertz CT molecular complexity index is 838. The van der Waals surface area contributed by atoms with E-state index in [1.165, 1.54) is 16.7 Å². The van der Waals surface area contributed by atoms with Crippen LogP contribution in [0.15, 0.2) is 54.6 Å². The Morgan fingerprint density at radius 3 is 2.36 bits per heavy atom. The molecule has 0 amide bonds. The summed E-state index contributed by atoms with van der Waals surface area (Å²) in [7, 11) is 3.51. The van der Waals surface area contributed by atoms with E-state index in [2.05, 4.69) is 113 Å². The molecule has 0 radical (unpaired) electrons. The number of carbonyl (C=O) groups is 1. The molecular weight excluding hydrogens is 614 g/mol. The second kappa shape index (κ2) is 9.55. The third-order valence-electron chi connectivity index (χ3n) is 6.00. The Balaban J connectivity index is 1.68. The molecule has 0 aromatic heterocycles. The molecule has 148 valence electrons. The lowest BCUT2D eigenvalue weighted by Crippen LogP contribution is -2.55. The van der Waals surface area contributed by atoms with Gasteiger partial charge in [0.15, 0.2) is 0 Å². The molecule has 2 aromatic rings. The number of benzene rings is 2. The van der Waals surface area contributed by atoms with Crippen LogP contribution in [0.5, 0.6) is 0 Å². The number of Topliss-reactive ketones (excluding diaryl/α,β-unsaturated/α-hetero) is 1. The third-order valence-corrected chi connectivity index (χ3v) is 10.1. The van der Waals surface area contributed by atoms with E-state index >= 15 is 0 Å². The predicted octanol–water partition coefficient (Wildman–Crippen LogP) is 6.74. The molecule has 2 aromatic carbocycles. The minimum absolute atomic E-state index is 0.0877. The minimum Gasteiger partial charge on any atom is -0.299 e. The van der Waals surface area contributed by atoms with Crippen LogP contribution in [0.1, 0.15) is 41.6 Å². The summed E-state index contributed by atoms with van der Waals surface area (Å²) in [5, 5.41) is 0. The van der Waals surface area contributed by atoms with Gasteiger partial charge in [-0.05, 0) is 48.3 Å². The molecule has 0 saturated carbocycles. The minimum atomic E-state index is 0.0877. The maximum atomic E-state index is 13.2. The van der Waals surface area contributed by atoms with E-state index in [1.54, 1.807) is 18.2 Å². The summed E-state index contributed by atoms with van der Waals surface area (Å²) in [5.41, 5.74) is 3.91. The van der Waals surface area contributed by atoms with Gasteiger partial charge in [0.05, 0.1) is 6.04 Å². The van der Waals surface area contributed by atoms with Crippen molar-refractivity contribution in [3.05, 3.63) is 71.3 Å². The first kappa shape index (κ1) is 21.4. The van der Waals surface area contributed by atoms with Crippen molar-refractivity contribution in [3.8, 4) is 0 Å². The molecule has 0 spiro atoms. The molecule has 0 aliphatic carbocycles. The average Bonchev–Trinajstić information content (AvgIpc) is 2.74. The number of aryl methyl sites for hydroxylation is 1. The average molecular weight is 636 g/mol. The third kappa shape index (κ3) is 4.16. The van der Waals surface area contributed by atoms with Gasteiger partial charge in [-0.1, -0.05) is 54.6 Å². The summed E-state index contributed by atoms with van der Waals surface area (Å²) in [6.07, 6.45) is 1.59. The number of piperidine rings is 2. The molecule has 0 bridgehead atoms. The summed E-state index contributed by atoms with van der Waals surface area (Å²) in [6.45, 7) is 2.98. The van der Waals surface area contributed by atoms with Crippen LogP contribution in [0.25, 0.3) is 0 Å². The van der Waals surface area contributed by atoms with Crippen LogP contribution in [0, 0.1) is 12.8 Å². The van der Waals surface area contributed by atoms with Crippen molar-refractivity contribution >= 4 is 66.4 Å². The molecule has 7 heteroatoms. The van der Waals surface area contributed by atoms with Crippen molar-refractivity contribution in [3.63, 3.8) is 0 Å². The largest absolute Gasteiger partial charge is 0.299 e. The second-order valence-electron chi connectivity index (χ2n) is 7.48. The highest BCUT2D eigenvalue weighted by Crippen LogP contribution is 2.50. The summed E-state index contributed by atoms with van der Waals surface area (Å²) in [4.78, 5) is 13.2. The smallest absolute Gasteiger partial charge is 0.140 e. The number of nitrogens with zero attached hydrogens (tertiary/aromatic N) is 2. The second-order valence-corrected chi connectivity index (χ2v) is 11.0. The number of fused-ring (bicyclic) bond motifs is 1. The van der Waals surface area contributed by atoms with Crippen molar-refractivity contribution < 1.29 is 4.79 Å². The molecule has 2 saturated heterocycles. The van der Waals surface area contributed by atoms with Crippen LogP contribution in [-0.2, 0) is 4.79 Å². The molecular formula is C21H22I2N2OS2. The van der Waals surface area contributed by atoms with E-state index in [1.807, 2.05) is 0 Å². The summed E-state index contributed by atoms with van der Waals surface area (Å²) in [6, 6.07) is 20.0. The molecule has 2 unspecified atom stereocenters. The lowest BCUT2D eigenvalue weighted by molar-refractivity contribution is -0.131. The zero-order valence-electron chi connectivity index (χ0n) is 15.5. The number of halogens is 2. The zero-order chi connectivity index (χ0) is 19.7. The van der Waals surface area contributed by atoms with Gasteiger partial charge in [-0.3, -0.25) is 4.79 Å². The number of ketones is 1. The predicted molar refractivity (Wildman–Crippen MR) is 136 cm³/mol. The molecule has 28 heavy (non-hydrogen) atoms. The molecule has 4 rings (SSSR count). The number of hydrogen-bond acceptors (Lipinski definition) is 5. The van der Waals surface area contributed by atoms with Crippen LogP contribution in [0.2, 0.25) is 0 Å².